The van der Waals surface area contributed by atoms with Crippen LogP contribution >= 0.6 is 15.9 Å². The van der Waals surface area contributed by atoms with E-state index in [1.807, 2.05) is 0 Å². The molecular formula is C14H16BrNO4. The molecule has 1 N–H and O–H groups in total. The van der Waals surface area contributed by atoms with E-state index in [4.69, 9.17) is 4.74 Å². The molecule has 0 atom stereocenters. The number of methoxy groups -OCH3 is 1. The van der Waals surface area contributed by atoms with E-state index in [1.54, 1.807) is 17.0 Å². The normalized spacial score (nSPS) is 16.0. The van der Waals surface area contributed by atoms with Gasteiger partial charge >= 0.3 is 5.97 Å². The Morgan fingerprint density at radius 1 is 1.35 bits per heavy atom. The summed E-state index contributed by atoms with van der Waals surface area (Å²) in [6, 6.07) is 4.80. The van der Waals surface area contributed by atoms with Crippen LogP contribution in [0.2, 0.25) is 0 Å². The number of esters is 1. The maximum Gasteiger partial charge on any atom is 0.308 e. The van der Waals surface area contributed by atoms with E-state index in [0.717, 1.165) is 4.47 Å². The molecule has 1 aromatic rings. The van der Waals surface area contributed by atoms with Gasteiger partial charge in [-0.25, -0.2) is 0 Å². The lowest BCUT2D eigenvalue weighted by atomic mass is 9.96. The summed E-state index contributed by atoms with van der Waals surface area (Å²) < 4.78 is 5.43. The van der Waals surface area contributed by atoms with E-state index >= 15 is 0 Å². The van der Waals surface area contributed by atoms with Gasteiger partial charge in [-0.2, -0.15) is 0 Å². The maximum atomic E-state index is 12.3. The number of piperidine rings is 1. The zero-order valence-electron chi connectivity index (χ0n) is 11.1. The Morgan fingerprint density at radius 2 is 2.00 bits per heavy atom. The van der Waals surface area contributed by atoms with Crippen molar-refractivity contribution in [3.05, 3.63) is 28.2 Å². The first-order valence-corrected chi connectivity index (χ1v) is 7.18. The van der Waals surface area contributed by atoms with E-state index in [-0.39, 0.29) is 29.1 Å². The summed E-state index contributed by atoms with van der Waals surface area (Å²) in [5, 5.41) is 9.82. The SMILES string of the molecule is COC(=O)C1CCN(C(=O)c2ccc(Br)cc2O)CC1. The number of hydrogen-bond donors (Lipinski definition) is 1. The molecule has 1 aliphatic heterocycles. The Labute approximate surface area is 125 Å². The molecule has 6 heteroatoms. The van der Waals surface area contributed by atoms with Crippen molar-refractivity contribution in [2.75, 3.05) is 20.2 Å². The summed E-state index contributed by atoms with van der Waals surface area (Å²) >= 11 is 3.24. The largest absolute Gasteiger partial charge is 0.507 e. The predicted molar refractivity (Wildman–Crippen MR) is 76.5 cm³/mol. The van der Waals surface area contributed by atoms with Gasteiger partial charge in [-0.1, -0.05) is 15.9 Å². The smallest absolute Gasteiger partial charge is 0.308 e. The monoisotopic (exact) mass is 341 g/mol. The Hall–Kier alpha value is -1.56. The van der Waals surface area contributed by atoms with Crippen LogP contribution in [-0.4, -0.2) is 42.1 Å². The number of hydrogen-bond acceptors (Lipinski definition) is 4. The number of carbonyl (C=O) groups is 2. The first-order valence-electron chi connectivity index (χ1n) is 6.38. The van der Waals surface area contributed by atoms with E-state index in [9.17, 15) is 14.7 Å². The Morgan fingerprint density at radius 3 is 2.55 bits per heavy atom. The molecular weight excluding hydrogens is 326 g/mol. The second kappa shape index (κ2) is 6.26. The zero-order valence-corrected chi connectivity index (χ0v) is 12.7. The second-order valence-electron chi connectivity index (χ2n) is 4.75. The minimum Gasteiger partial charge on any atom is -0.507 e. The lowest BCUT2D eigenvalue weighted by molar-refractivity contribution is -0.146. The standard InChI is InChI=1S/C14H16BrNO4/c1-20-14(19)9-4-6-16(7-5-9)13(18)11-3-2-10(15)8-12(11)17/h2-3,8-9,17H,4-7H2,1H3. The first-order chi connectivity index (χ1) is 9.52. The Bertz CT molecular complexity index is 524. The number of likely N-dealkylation sites (tertiary alicyclic amines) is 1. The number of rotatable bonds is 2. The third-order valence-corrected chi connectivity index (χ3v) is 4.00. The molecule has 1 aromatic carbocycles. The van der Waals surface area contributed by atoms with Gasteiger partial charge in [0.05, 0.1) is 18.6 Å². The highest BCUT2D eigenvalue weighted by molar-refractivity contribution is 9.10. The molecule has 0 radical (unpaired) electrons. The van der Waals surface area contributed by atoms with Gasteiger partial charge in [-0.05, 0) is 31.0 Å². The second-order valence-corrected chi connectivity index (χ2v) is 5.67. The number of benzene rings is 1. The van der Waals surface area contributed by atoms with Crippen molar-refractivity contribution in [2.45, 2.75) is 12.8 Å². The number of phenolic OH excluding ortho intramolecular Hbond substituents is 1. The summed E-state index contributed by atoms with van der Waals surface area (Å²) in [5.41, 5.74) is 0.282. The number of ether oxygens (including phenoxy) is 1. The van der Waals surface area contributed by atoms with Gasteiger partial charge in [-0.15, -0.1) is 0 Å². The number of nitrogens with zero attached hydrogens (tertiary/aromatic N) is 1. The lowest BCUT2D eigenvalue weighted by Crippen LogP contribution is -2.40. The third-order valence-electron chi connectivity index (χ3n) is 3.51. The van der Waals surface area contributed by atoms with Crippen LogP contribution in [0.3, 0.4) is 0 Å². The van der Waals surface area contributed by atoms with Crippen molar-refractivity contribution in [2.24, 2.45) is 5.92 Å². The molecule has 0 saturated carbocycles. The number of phenols is 1. The summed E-state index contributed by atoms with van der Waals surface area (Å²) in [4.78, 5) is 25.4. The fourth-order valence-electron chi connectivity index (χ4n) is 2.34. The summed E-state index contributed by atoms with van der Waals surface area (Å²) in [6.45, 7) is 0.988. The Balaban J connectivity index is 2.03. The molecule has 0 aliphatic carbocycles. The molecule has 1 amide bonds. The van der Waals surface area contributed by atoms with Gasteiger partial charge in [0.1, 0.15) is 5.75 Å². The summed E-state index contributed by atoms with van der Waals surface area (Å²) in [6.07, 6.45) is 1.19. The molecule has 1 saturated heterocycles. The van der Waals surface area contributed by atoms with Crippen LogP contribution in [0.15, 0.2) is 22.7 Å². The third kappa shape index (κ3) is 3.12. The van der Waals surface area contributed by atoms with Gasteiger partial charge in [0.25, 0.3) is 5.91 Å². The molecule has 108 valence electrons. The lowest BCUT2D eigenvalue weighted by Gasteiger charge is -2.30. The summed E-state index contributed by atoms with van der Waals surface area (Å²) in [7, 11) is 1.37. The van der Waals surface area contributed by atoms with Crippen LogP contribution < -0.4 is 0 Å². The minimum atomic E-state index is -0.219. The quantitative estimate of drug-likeness (QED) is 0.837. The van der Waals surface area contributed by atoms with E-state index < -0.39 is 0 Å². The van der Waals surface area contributed by atoms with E-state index in [0.29, 0.717) is 25.9 Å². The van der Waals surface area contributed by atoms with E-state index in [2.05, 4.69) is 15.9 Å². The van der Waals surface area contributed by atoms with Crippen LogP contribution in [0.25, 0.3) is 0 Å². The van der Waals surface area contributed by atoms with Crippen molar-refractivity contribution in [1.29, 1.82) is 0 Å². The van der Waals surface area contributed by atoms with Gasteiger partial charge in [0, 0.05) is 17.6 Å². The van der Waals surface area contributed by atoms with Crippen molar-refractivity contribution in [3.8, 4) is 5.75 Å². The van der Waals surface area contributed by atoms with Gasteiger partial charge in [0.2, 0.25) is 0 Å². The summed E-state index contributed by atoms with van der Waals surface area (Å²) in [5.74, 6) is -0.607. The molecule has 0 aromatic heterocycles. The zero-order chi connectivity index (χ0) is 14.7. The highest BCUT2D eigenvalue weighted by atomic mass is 79.9. The molecule has 0 spiro atoms. The van der Waals surface area contributed by atoms with Crippen LogP contribution in [0.4, 0.5) is 0 Å². The van der Waals surface area contributed by atoms with Gasteiger partial charge in [-0.3, -0.25) is 9.59 Å². The van der Waals surface area contributed by atoms with Gasteiger partial charge in [0.15, 0.2) is 0 Å². The first kappa shape index (κ1) is 14.8. The molecule has 2 rings (SSSR count). The molecule has 0 unspecified atom stereocenters. The highest BCUT2D eigenvalue weighted by Crippen LogP contribution is 2.26. The average molecular weight is 342 g/mol. The number of halogens is 1. The van der Waals surface area contributed by atoms with Crippen LogP contribution in [-0.2, 0) is 9.53 Å². The molecule has 5 nitrogen and oxygen atoms in total. The average Bonchev–Trinajstić information content (AvgIpc) is 2.46. The Kier molecular flexibility index (Phi) is 4.65. The fourth-order valence-corrected chi connectivity index (χ4v) is 2.69. The van der Waals surface area contributed by atoms with Crippen molar-refractivity contribution < 1.29 is 19.4 Å². The minimum absolute atomic E-state index is 0.0422. The van der Waals surface area contributed by atoms with Crippen molar-refractivity contribution in [3.63, 3.8) is 0 Å². The van der Waals surface area contributed by atoms with Gasteiger partial charge < -0.3 is 14.7 Å². The molecule has 0 bridgehead atoms. The molecule has 1 heterocycles. The molecule has 1 aliphatic rings. The van der Waals surface area contributed by atoms with Crippen molar-refractivity contribution >= 4 is 27.8 Å². The molecule has 20 heavy (non-hydrogen) atoms. The highest BCUT2D eigenvalue weighted by Gasteiger charge is 2.29. The molecule has 1 fully saturated rings. The number of carbonyl (C=O) groups excluding carboxylic acids is 2. The predicted octanol–water partition coefficient (Wildman–Crippen LogP) is 2.18. The fraction of sp³-hybridized carbons (Fsp3) is 0.429. The van der Waals surface area contributed by atoms with Crippen molar-refractivity contribution in [1.82, 2.24) is 4.90 Å². The topological polar surface area (TPSA) is 66.8 Å². The van der Waals surface area contributed by atoms with Crippen LogP contribution in [0.1, 0.15) is 23.2 Å². The number of amides is 1. The van der Waals surface area contributed by atoms with Crippen LogP contribution in [0, 0.1) is 5.92 Å². The van der Waals surface area contributed by atoms with E-state index in [1.165, 1.54) is 13.2 Å². The number of aromatic hydroxyl groups is 1. The maximum absolute atomic E-state index is 12.3. The van der Waals surface area contributed by atoms with Crippen LogP contribution in [0.5, 0.6) is 5.75 Å².